The SMILES string of the molecule is CCOc1cccc(C(NC)c2ccncc2)c1. The van der Waals surface area contributed by atoms with Crippen LogP contribution in [0.4, 0.5) is 0 Å². The van der Waals surface area contributed by atoms with Crippen molar-refractivity contribution in [1.82, 2.24) is 10.3 Å². The van der Waals surface area contributed by atoms with Crippen molar-refractivity contribution in [2.24, 2.45) is 0 Å². The molecule has 0 saturated heterocycles. The van der Waals surface area contributed by atoms with Gasteiger partial charge in [-0.3, -0.25) is 4.98 Å². The molecule has 2 rings (SSSR count). The van der Waals surface area contributed by atoms with Crippen molar-refractivity contribution < 1.29 is 4.74 Å². The van der Waals surface area contributed by atoms with Crippen molar-refractivity contribution in [3.05, 3.63) is 59.9 Å². The number of nitrogens with one attached hydrogen (secondary N) is 1. The summed E-state index contributed by atoms with van der Waals surface area (Å²) < 4.78 is 5.54. The van der Waals surface area contributed by atoms with E-state index in [0.717, 1.165) is 5.75 Å². The highest BCUT2D eigenvalue weighted by atomic mass is 16.5. The summed E-state index contributed by atoms with van der Waals surface area (Å²) in [4.78, 5) is 4.05. The molecule has 94 valence electrons. The Hall–Kier alpha value is -1.87. The highest BCUT2D eigenvalue weighted by Gasteiger charge is 2.12. The van der Waals surface area contributed by atoms with E-state index in [-0.39, 0.29) is 6.04 Å². The van der Waals surface area contributed by atoms with E-state index in [9.17, 15) is 0 Å². The summed E-state index contributed by atoms with van der Waals surface area (Å²) in [5.74, 6) is 0.907. The van der Waals surface area contributed by atoms with Crippen LogP contribution in [0, 0.1) is 0 Å². The van der Waals surface area contributed by atoms with Gasteiger partial charge in [0.15, 0.2) is 0 Å². The van der Waals surface area contributed by atoms with Crippen LogP contribution in [0.2, 0.25) is 0 Å². The van der Waals surface area contributed by atoms with Crippen LogP contribution in [0.3, 0.4) is 0 Å². The molecule has 2 aromatic rings. The second kappa shape index (κ2) is 6.17. The Kier molecular flexibility index (Phi) is 4.31. The van der Waals surface area contributed by atoms with Crippen molar-refractivity contribution in [3.8, 4) is 5.75 Å². The summed E-state index contributed by atoms with van der Waals surface area (Å²) in [6, 6.07) is 12.4. The van der Waals surface area contributed by atoms with Gasteiger partial charge in [0.1, 0.15) is 5.75 Å². The minimum Gasteiger partial charge on any atom is -0.494 e. The molecular formula is C15H18N2O. The molecule has 1 N–H and O–H groups in total. The van der Waals surface area contributed by atoms with Gasteiger partial charge in [-0.2, -0.15) is 0 Å². The minimum atomic E-state index is 0.161. The highest BCUT2D eigenvalue weighted by Crippen LogP contribution is 2.24. The molecule has 0 aliphatic carbocycles. The zero-order valence-corrected chi connectivity index (χ0v) is 10.8. The Labute approximate surface area is 108 Å². The van der Waals surface area contributed by atoms with E-state index in [2.05, 4.69) is 22.4 Å². The maximum absolute atomic E-state index is 5.54. The molecule has 0 aliphatic rings. The molecule has 0 amide bonds. The van der Waals surface area contributed by atoms with E-state index in [4.69, 9.17) is 4.74 Å². The number of benzene rings is 1. The van der Waals surface area contributed by atoms with Gasteiger partial charge in [0.05, 0.1) is 12.6 Å². The monoisotopic (exact) mass is 242 g/mol. The molecule has 1 atom stereocenters. The van der Waals surface area contributed by atoms with Crippen LogP contribution in [0.15, 0.2) is 48.8 Å². The first kappa shape index (κ1) is 12.6. The Balaban J connectivity index is 2.30. The number of hydrogen-bond donors (Lipinski definition) is 1. The fraction of sp³-hybridized carbons (Fsp3) is 0.267. The maximum atomic E-state index is 5.54. The molecule has 0 fully saturated rings. The maximum Gasteiger partial charge on any atom is 0.119 e. The molecule has 0 radical (unpaired) electrons. The van der Waals surface area contributed by atoms with Gasteiger partial charge in [-0.15, -0.1) is 0 Å². The van der Waals surface area contributed by atoms with E-state index < -0.39 is 0 Å². The van der Waals surface area contributed by atoms with E-state index in [0.29, 0.717) is 6.61 Å². The summed E-state index contributed by atoms with van der Waals surface area (Å²) in [6.45, 7) is 2.67. The van der Waals surface area contributed by atoms with E-state index in [1.54, 1.807) is 0 Å². The van der Waals surface area contributed by atoms with Gasteiger partial charge in [0.2, 0.25) is 0 Å². The molecule has 1 unspecified atom stereocenters. The van der Waals surface area contributed by atoms with Crippen molar-refractivity contribution in [2.45, 2.75) is 13.0 Å². The number of ether oxygens (including phenoxy) is 1. The Morgan fingerprint density at radius 1 is 1.17 bits per heavy atom. The highest BCUT2D eigenvalue weighted by molar-refractivity contribution is 5.36. The molecular weight excluding hydrogens is 224 g/mol. The third-order valence-corrected chi connectivity index (χ3v) is 2.83. The standard InChI is InChI=1S/C15H18N2O/c1-3-18-14-6-4-5-13(11-14)15(16-2)12-7-9-17-10-8-12/h4-11,15-16H,3H2,1-2H3. The van der Waals surface area contributed by atoms with E-state index >= 15 is 0 Å². The number of nitrogens with zero attached hydrogens (tertiary/aromatic N) is 1. The van der Waals surface area contributed by atoms with Gasteiger partial charge >= 0.3 is 0 Å². The van der Waals surface area contributed by atoms with Crippen molar-refractivity contribution in [3.63, 3.8) is 0 Å². The summed E-state index contributed by atoms with van der Waals surface area (Å²) in [6.07, 6.45) is 3.62. The molecule has 0 spiro atoms. The molecule has 3 nitrogen and oxygen atoms in total. The fourth-order valence-electron chi connectivity index (χ4n) is 2.03. The second-order valence-electron chi connectivity index (χ2n) is 4.01. The van der Waals surface area contributed by atoms with Crippen LogP contribution in [0.1, 0.15) is 24.1 Å². The fourth-order valence-corrected chi connectivity index (χ4v) is 2.03. The lowest BCUT2D eigenvalue weighted by atomic mass is 10.00. The van der Waals surface area contributed by atoms with Gasteiger partial charge in [0.25, 0.3) is 0 Å². The van der Waals surface area contributed by atoms with Gasteiger partial charge < -0.3 is 10.1 Å². The zero-order valence-electron chi connectivity index (χ0n) is 10.8. The molecule has 18 heavy (non-hydrogen) atoms. The number of hydrogen-bond acceptors (Lipinski definition) is 3. The van der Waals surface area contributed by atoms with Crippen LogP contribution in [0.25, 0.3) is 0 Å². The summed E-state index contributed by atoms with van der Waals surface area (Å²) in [7, 11) is 1.96. The normalized spacial score (nSPS) is 12.1. The third-order valence-electron chi connectivity index (χ3n) is 2.83. The number of pyridine rings is 1. The molecule has 3 heteroatoms. The predicted octanol–water partition coefficient (Wildman–Crippen LogP) is 2.79. The summed E-state index contributed by atoms with van der Waals surface area (Å²) >= 11 is 0. The molecule has 0 aliphatic heterocycles. The topological polar surface area (TPSA) is 34.1 Å². The lowest BCUT2D eigenvalue weighted by Gasteiger charge is -2.17. The lowest BCUT2D eigenvalue weighted by molar-refractivity contribution is 0.339. The van der Waals surface area contributed by atoms with Gasteiger partial charge in [0, 0.05) is 12.4 Å². The smallest absolute Gasteiger partial charge is 0.119 e. The molecule has 0 bridgehead atoms. The van der Waals surface area contributed by atoms with Crippen LogP contribution < -0.4 is 10.1 Å². The van der Waals surface area contributed by atoms with Crippen molar-refractivity contribution in [2.75, 3.05) is 13.7 Å². The van der Waals surface area contributed by atoms with Crippen LogP contribution in [-0.2, 0) is 0 Å². The zero-order chi connectivity index (χ0) is 12.8. The van der Waals surface area contributed by atoms with E-state index in [1.807, 2.05) is 50.6 Å². The van der Waals surface area contributed by atoms with Crippen molar-refractivity contribution in [1.29, 1.82) is 0 Å². The average molecular weight is 242 g/mol. The number of aromatic nitrogens is 1. The Morgan fingerprint density at radius 2 is 1.94 bits per heavy atom. The first-order valence-corrected chi connectivity index (χ1v) is 6.15. The third kappa shape index (κ3) is 2.87. The van der Waals surface area contributed by atoms with Crippen LogP contribution >= 0.6 is 0 Å². The quantitative estimate of drug-likeness (QED) is 0.875. The van der Waals surface area contributed by atoms with Crippen molar-refractivity contribution >= 4 is 0 Å². The number of rotatable bonds is 5. The Morgan fingerprint density at radius 3 is 2.61 bits per heavy atom. The molecule has 1 aromatic carbocycles. The van der Waals surface area contributed by atoms with Gasteiger partial charge in [-0.1, -0.05) is 12.1 Å². The minimum absolute atomic E-state index is 0.161. The molecule has 1 heterocycles. The predicted molar refractivity (Wildman–Crippen MR) is 72.8 cm³/mol. The summed E-state index contributed by atoms with van der Waals surface area (Å²) in [5, 5.41) is 3.32. The largest absolute Gasteiger partial charge is 0.494 e. The Bertz CT molecular complexity index is 485. The first-order chi connectivity index (χ1) is 8.85. The lowest BCUT2D eigenvalue weighted by Crippen LogP contribution is -2.17. The molecule has 0 saturated carbocycles. The molecule has 1 aromatic heterocycles. The summed E-state index contributed by atoms with van der Waals surface area (Å²) in [5.41, 5.74) is 2.38. The van der Waals surface area contributed by atoms with Crippen LogP contribution in [-0.4, -0.2) is 18.6 Å². The first-order valence-electron chi connectivity index (χ1n) is 6.15. The average Bonchev–Trinajstić information content (AvgIpc) is 2.42. The van der Waals surface area contributed by atoms with Crippen LogP contribution in [0.5, 0.6) is 5.75 Å². The van der Waals surface area contributed by atoms with Gasteiger partial charge in [-0.25, -0.2) is 0 Å². The van der Waals surface area contributed by atoms with Gasteiger partial charge in [-0.05, 0) is 49.4 Å². The second-order valence-corrected chi connectivity index (χ2v) is 4.01. The van der Waals surface area contributed by atoms with E-state index in [1.165, 1.54) is 11.1 Å².